The first-order valence-electron chi connectivity index (χ1n) is 39.0. The van der Waals surface area contributed by atoms with Gasteiger partial charge in [0.05, 0.1) is 13.2 Å². The van der Waals surface area contributed by atoms with E-state index < -0.39 is 26.5 Å². The second-order valence-corrected chi connectivity index (χ2v) is 27.3. The van der Waals surface area contributed by atoms with Gasteiger partial charge in [0.1, 0.15) is 6.61 Å². The molecule has 0 heterocycles. The molecule has 0 fully saturated rings. The summed E-state index contributed by atoms with van der Waals surface area (Å²) in [5.41, 5.74) is 5.41. The molecule has 9 nitrogen and oxygen atoms in total. The molecule has 10 heteroatoms. The van der Waals surface area contributed by atoms with Gasteiger partial charge in [-0.2, -0.15) is 0 Å². The van der Waals surface area contributed by atoms with Crippen molar-refractivity contribution in [2.75, 3.05) is 26.4 Å². The van der Waals surface area contributed by atoms with E-state index in [2.05, 4.69) is 135 Å². The van der Waals surface area contributed by atoms with Gasteiger partial charge >= 0.3 is 19.8 Å². The van der Waals surface area contributed by atoms with E-state index in [0.29, 0.717) is 6.42 Å². The lowest BCUT2D eigenvalue weighted by molar-refractivity contribution is -0.161. The molecule has 0 aliphatic rings. The molecular weight excluding hydrogens is 1170 g/mol. The molecule has 0 amide bonds. The Morgan fingerprint density at radius 2 is 0.591 bits per heavy atom. The highest BCUT2D eigenvalue weighted by Crippen LogP contribution is 2.43. The highest BCUT2D eigenvalue weighted by Gasteiger charge is 2.26. The molecule has 2 atom stereocenters. The molecule has 0 spiro atoms. The van der Waals surface area contributed by atoms with Crippen LogP contribution in [0.2, 0.25) is 0 Å². The maximum atomic E-state index is 12.8. The van der Waals surface area contributed by atoms with Crippen molar-refractivity contribution in [3.05, 3.63) is 122 Å². The van der Waals surface area contributed by atoms with Crippen LogP contribution in [0.1, 0.15) is 361 Å². The lowest BCUT2D eigenvalue weighted by Gasteiger charge is -2.19. The summed E-state index contributed by atoms with van der Waals surface area (Å²) in [4.78, 5) is 35.4. The fraction of sp³-hybridized carbons (Fsp3) is 0.735. The minimum Gasteiger partial charge on any atom is -0.462 e. The number of allylic oxidation sites excluding steroid dienone is 20. The van der Waals surface area contributed by atoms with E-state index in [9.17, 15) is 19.0 Å². The molecule has 0 aromatic rings. The second-order valence-electron chi connectivity index (χ2n) is 25.8. The zero-order chi connectivity index (χ0) is 67.2. The average molecular weight is 1320 g/mol. The minimum absolute atomic E-state index is 0.0507. The van der Waals surface area contributed by atoms with Crippen LogP contribution in [0, 0.1) is 0 Å². The van der Waals surface area contributed by atoms with Crippen molar-refractivity contribution in [2.24, 2.45) is 5.73 Å². The molecular formula is C83H146NO8P. The Balaban J connectivity index is 3.85. The first kappa shape index (κ1) is 89.4. The Kier molecular flexibility index (Phi) is 74.4. The topological polar surface area (TPSA) is 134 Å². The third-order valence-electron chi connectivity index (χ3n) is 16.8. The quantitative estimate of drug-likeness (QED) is 0.0264. The van der Waals surface area contributed by atoms with E-state index in [1.807, 2.05) is 0 Å². The molecule has 0 aromatic heterocycles. The summed E-state index contributed by atoms with van der Waals surface area (Å²) in [7, 11) is -4.40. The lowest BCUT2D eigenvalue weighted by Crippen LogP contribution is -2.29. The van der Waals surface area contributed by atoms with Crippen LogP contribution in [0.5, 0.6) is 0 Å². The Bertz CT molecular complexity index is 1950. The Morgan fingerprint density at radius 1 is 0.333 bits per heavy atom. The first-order valence-corrected chi connectivity index (χ1v) is 40.5. The molecule has 536 valence electrons. The zero-order valence-corrected chi connectivity index (χ0v) is 61.4. The van der Waals surface area contributed by atoms with Crippen molar-refractivity contribution in [3.63, 3.8) is 0 Å². The normalized spacial score (nSPS) is 13.5. The summed E-state index contributed by atoms with van der Waals surface area (Å²) < 4.78 is 33.3. The van der Waals surface area contributed by atoms with Gasteiger partial charge in [-0.15, -0.1) is 0 Å². The molecule has 93 heavy (non-hydrogen) atoms. The highest BCUT2D eigenvalue weighted by molar-refractivity contribution is 7.47. The van der Waals surface area contributed by atoms with E-state index in [1.165, 1.54) is 231 Å². The number of carbonyl (C=O) groups is 2. The number of carbonyl (C=O) groups excluding carboxylic acids is 2. The molecule has 0 bridgehead atoms. The molecule has 0 aliphatic heterocycles. The number of rotatable bonds is 73. The van der Waals surface area contributed by atoms with Crippen LogP contribution in [-0.2, 0) is 32.7 Å². The van der Waals surface area contributed by atoms with Gasteiger partial charge in [0.2, 0.25) is 0 Å². The van der Waals surface area contributed by atoms with Crippen molar-refractivity contribution >= 4 is 19.8 Å². The van der Waals surface area contributed by atoms with E-state index in [-0.39, 0.29) is 38.6 Å². The predicted molar refractivity (Wildman–Crippen MR) is 404 cm³/mol. The van der Waals surface area contributed by atoms with Gasteiger partial charge in [-0.25, -0.2) is 4.57 Å². The predicted octanol–water partition coefficient (Wildman–Crippen LogP) is 26.2. The lowest BCUT2D eigenvalue weighted by atomic mass is 10.0. The maximum absolute atomic E-state index is 12.8. The summed E-state index contributed by atoms with van der Waals surface area (Å²) in [6.45, 7) is 3.67. The van der Waals surface area contributed by atoms with E-state index in [4.69, 9.17) is 24.3 Å². The summed E-state index contributed by atoms with van der Waals surface area (Å²) >= 11 is 0. The SMILES string of the molecule is CC/C=C\C/C=C\C/C=C\C/C=C\C/C=C\C/C=C\C/C=C\C/C=C\C/C=C\CCCCCCCCCCCCCCCC(=O)OC(COC(=O)CCCCCCCCCCCCCCCCCCCCC/C=C\CCCCCCCCCC)COP(=O)(O)OCCN. The Labute approximate surface area is 574 Å². The van der Waals surface area contributed by atoms with Crippen LogP contribution in [-0.4, -0.2) is 49.3 Å². The Morgan fingerprint density at radius 3 is 0.892 bits per heavy atom. The largest absolute Gasteiger partial charge is 0.472 e. The third kappa shape index (κ3) is 77.3. The van der Waals surface area contributed by atoms with Crippen LogP contribution >= 0.6 is 7.82 Å². The summed E-state index contributed by atoms with van der Waals surface area (Å²) in [6, 6.07) is 0. The smallest absolute Gasteiger partial charge is 0.462 e. The number of nitrogens with two attached hydrogens (primary N) is 1. The molecule has 0 saturated heterocycles. The number of ether oxygens (including phenoxy) is 2. The van der Waals surface area contributed by atoms with Crippen LogP contribution in [0.25, 0.3) is 0 Å². The molecule has 0 aliphatic carbocycles. The molecule has 0 radical (unpaired) electrons. The fourth-order valence-corrected chi connectivity index (χ4v) is 11.9. The van der Waals surface area contributed by atoms with Crippen LogP contribution in [0.15, 0.2) is 122 Å². The monoisotopic (exact) mass is 1320 g/mol. The van der Waals surface area contributed by atoms with Crippen LogP contribution in [0.3, 0.4) is 0 Å². The summed E-state index contributed by atoms with van der Waals surface area (Å²) in [5, 5.41) is 0. The van der Waals surface area contributed by atoms with Crippen molar-refractivity contribution in [2.45, 2.75) is 367 Å². The minimum atomic E-state index is -4.40. The number of hydrogen-bond donors (Lipinski definition) is 2. The van der Waals surface area contributed by atoms with Gasteiger partial charge in [0.25, 0.3) is 0 Å². The van der Waals surface area contributed by atoms with Gasteiger partial charge in [0, 0.05) is 19.4 Å². The van der Waals surface area contributed by atoms with Crippen molar-refractivity contribution < 1.29 is 37.6 Å². The number of hydrogen-bond acceptors (Lipinski definition) is 8. The van der Waals surface area contributed by atoms with Crippen molar-refractivity contribution in [1.82, 2.24) is 0 Å². The van der Waals surface area contributed by atoms with Crippen LogP contribution < -0.4 is 5.73 Å². The Hall–Kier alpha value is -3.59. The molecule has 0 saturated carbocycles. The van der Waals surface area contributed by atoms with Gasteiger partial charge in [-0.1, -0.05) is 360 Å². The zero-order valence-electron chi connectivity index (χ0n) is 60.5. The van der Waals surface area contributed by atoms with Gasteiger partial charge in [-0.05, 0) is 109 Å². The maximum Gasteiger partial charge on any atom is 0.472 e. The van der Waals surface area contributed by atoms with Gasteiger partial charge < -0.3 is 20.1 Å². The van der Waals surface area contributed by atoms with E-state index in [0.717, 1.165) is 96.3 Å². The van der Waals surface area contributed by atoms with E-state index in [1.54, 1.807) is 0 Å². The summed E-state index contributed by atoms with van der Waals surface area (Å²) in [5.74, 6) is -0.818. The fourth-order valence-electron chi connectivity index (χ4n) is 11.1. The number of esters is 2. The molecule has 2 unspecified atom stereocenters. The molecule has 0 aromatic carbocycles. The average Bonchev–Trinajstić information content (AvgIpc) is 3.49. The molecule has 0 rings (SSSR count). The van der Waals surface area contributed by atoms with Crippen molar-refractivity contribution in [3.8, 4) is 0 Å². The van der Waals surface area contributed by atoms with Gasteiger partial charge in [0.15, 0.2) is 6.10 Å². The number of phosphoric acid groups is 1. The van der Waals surface area contributed by atoms with E-state index >= 15 is 0 Å². The molecule has 3 N–H and O–H groups in total. The second kappa shape index (κ2) is 77.4. The van der Waals surface area contributed by atoms with Crippen LogP contribution in [0.4, 0.5) is 0 Å². The first-order chi connectivity index (χ1) is 45.8. The van der Waals surface area contributed by atoms with Gasteiger partial charge in [-0.3, -0.25) is 18.6 Å². The number of unbranched alkanes of at least 4 members (excludes halogenated alkanes) is 40. The third-order valence-corrected chi connectivity index (χ3v) is 17.8. The van der Waals surface area contributed by atoms with Crippen molar-refractivity contribution in [1.29, 1.82) is 0 Å². The summed E-state index contributed by atoms with van der Waals surface area (Å²) in [6.07, 6.45) is 109. The highest BCUT2D eigenvalue weighted by atomic mass is 31.2. The standard InChI is InChI=1S/C83H146NO8P/c1-3-5-7-9-11-13-15-17-19-21-23-25-27-29-31-33-35-36-37-38-39-40-41-42-43-44-46-48-50-52-54-56-58-60-62-64-66-68-70-72-74-76-83(86)92-81(80-91-93(87,88)90-78-77-84)79-89-82(85)75-73-71-69-67-65-63-61-59-57-55-53-51-49-47-45-34-32-30-28-26-24-22-20-18-16-14-12-10-8-6-4-2/h5,7,11,13,17,19,22-25,29,31,35-36,38-39,41-42,44,46,81H,3-4,6,8-10,12,14-16,18,20-21,26-28,30,32-34,37,40,43,45,47-80,84H2,1-2H3,(H,87,88)/b7-5-,13-11-,19-17-,24-22-,25-23-,31-29-,36-35-,39-38-,42-41-,46-44-. The number of phosphoric ester groups is 1.